The van der Waals surface area contributed by atoms with Gasteiger partial charge in [-0.25, -0.2) is 8.42 Å². The minimum atomic E-state index is -3.91. The molecule has 9 heteroatoms. The molecule has 0 unspecified atom stereocenters. The van der Waals surface area contributed by atoms with Gasteiger partial charge in [0.2, 0.25) is 0 Å². The lowest BCUT2D eigenvalue weighted by Crippen LogP contribution is -2.27. The average Bonchev–Trinajstić information content (AvgIpc) is 2.80. The van der Waals surface area contributed by atoms with Crippen molar-refractivity contribution in [2.45, 2.75) is 18.2 Å². The smallest absolute Gasteiger partial charge is 0.261 e. The Morgan fingerprint density at radius 3 is 2.39 bits per heavy atom. The Balaban J connectivity index is 1.77. The highest BCUT2D eigenvalue weighted by Crippen LogP contribution is 2.26. The van der Waals surface area contributed by atoms with Gasteiger partial charge in [-0.15, -0.1) is 0 Å². The molecule has 3 rings (SSSR count). The van der Waals surface area contributed by atoms with E-state index in [0.29, 0.717) is 35.1 Å². The van der Waals surface area contributed by atoms with E-state index in [-0.39, 0.29) is 16.1 Å². The molecule has 33 heavy (non-hydrogen) atoms. The van der Waals surface area contributed by atoms with Crippen LogP contribution in [0.15, 0.2) is 65.6 Å². The Hall–Kier alpha value is -3.23. The van der Waals surface area contributed by atoms with E-state index in [4.69, 9.17) is 21.1 Å². The van der Waals surface area contributed by atoms with E-state index in [1.807, 2.05) is 6.07 Å². The van der Waals surface area contributed by atoms with Gasteiger partial charge in [0.25, 0.3) is 15.9 Å². The molecule has 0 fully saturated rings. The van der Waals surface area contributed by atoms with Crippen LogP contribution in [0, 0.1) is 6.92 Å². The Morgan fingerprint density at radius 1 is 1.00 bits per heavy atom. The fourth-order valence-electron chi connectivity index (χ4n) is 3.28. The number of nitrogens with one attached hydrogen (secondary N) is 2. The topological polar surface area (TPSA) is 93.7 Å². The molecule has 0 aliphatic carbocycles. The van der Waals surface area contributed by atoms with E-state index in [9.17, 15) is 13.2 Å². The van der Waals surface area contributed by atoms with Gasteiger partial charge in [0.15, 0.2) is 0 Å². The van der Waals surface area contributed by atoms with Crippen LogP contribution in [0.25, 0.3) is 0 Å². The molecule has 0 saturated carbocycles. The fraction of sp³-hybridized carbons (Fsp3) is 0.208. The molecular weight excluding hydrogens is 464 g/mol. The number of carbonyl (C=O) groups is 1. The molecule has 2 N–H and O–H groups in total. The molecule has 174 valence electrons. The summed E-state index contributed by atoms with van der Waals surface area (Å²) in [7, 11) is -0.748. The van der Waals surface area contributed by atoms with Crippen molar-refractivity contribution in [1.29, 1.82) is 0 Å². The van der Waals surface area contributed by atoms with Crippen molar-refractivity contribution < 1.29 is 22.7 Å². The molecule has 0 bridgehead atoms. The maximum Gasteiger partial charge on any atom is 0.261 e. The molecule has 0 spiro atoms. The SMILES string of the molecule is COc1ccc(OC)c(CCNC(=O)c2cccc(C)c2NS(=O)(=O)c2ccc(Cl)cc2)c1. The molecule has 3 aromatic rings. The predicted molar refractivity (Wildman–Crippen MR) is 129 cm³/mol. The summed E-state index contributed by atoms with van der Waals surface area (Å²) in [6.07, 6.45) is 0.504. The van der Waals surface area contributed by atoms with Crippen LogP contribution >= 0.6 is 11.6 Å². The molecule has 0 aromatic heterocycles. The second kappa shape index (κ2) is 10.6. The fourth-order valence-corrected chi connectivity index (χ4v) is 4.56. The predicted octanol–water partition coefficient (Wildman–Crippen LogP) is 4.44. The van der Waals surface area contributed by atoms with E-state index < -0.39 is 15.9 Å². The van der Waals surface area contributed by atoms with Gasteiger partial charge in [-0.1, -0.05) is 23.7 Å². The minimum absolute atomic E-state index is 0.0478. The third-order valence-corrected chi connectivity index (χ3v) is 6.66. The van der Waals surface area contributed by atoms with Crippen LogP contribution in [-0.2, 0) is 16.4 Å². The summed E-state index contributed by atoms with van der Waals surface area (Å²) in [4.78, 5) is 13.0. The number of sulfonamides is 1. The number of amides is 1. The van der Waals surface area contributed by atoms with Crippen molar-refractivity contribution in [2.24, 2.45) is 0 Å². The maximum atomic E-state index is 12.9. The van der Waals surface area contributed by atoms with Gasteiger partial charge in [-0.3, -0.25) is 9.52 Å². The normalized spacial score (nSPS) is 11.0. The monoisotopic (exact) mass is 488 g/mol. The first-order chi connectivity index (χ1) is 15.7. The van der Waals surface area contributed by atoms with Crippen molar-refractivity contribution in [1.82, 2.24) is 5.32 Å². The highest BCUT2D eigenvalue weighted by Gasteiger charge is 2.20. The number of carbonyl (C=O) groups excluding carboxylic acids is 1. The van der Waals surface area contributed by atoms with Crippen LogP contribution in [0.5, 0.6) is 11.5 Å². The third kappa shape index (κ3) is 5.97. The number of anilines is 1. The number of halogens is 1. The Labute approximate surface area is 198 Å². The highest BCUT2D eigenvalue weighted by atomic mass is 35.5. The highest BCUT2D eigenvalue weighted by molar-refractivity contribution is 7.92. The number of benzene rings is 3. The summed E-state index contributed by atoms with van der Waals surface area (Å²) in [5.41, 5.74) is 1.95. The van der Waals surface area contributed by atoms with Crippen molar-refractivity contribution in [3.63, 3.8) is 0 Å². The number of hydrogen-bond donors (Lipinski definition) is 2. The van der Waals surface area contributed by atoms with Crippen molar-refractivity contribution in [3.05, 3.63) is 82.4 Å². The van der Waals surface area contributed by atoms with Crippen LogP contribution in [0.2, 0.25) is 5.02 Å². The number of methoxy groups -OCH3 is 2. The average molecular weight is 489 g/mol. The molecule has 0 radical (unpaired) electrons. The van der Waals surface area contributed by atoms with Crippen molar-refractivity contribution in [3.8, 4) is 11.5 Å². The lowest BCUT2D eigenvalue weighted by Gasteiger charge is -2.16. The Morgan fingerprint density at radius 2 is 1.73 bits per heavy atom. The van der Waals surface area contributed by atoms with E-state index in [1.165, 1.54) is 24.3 Å². The first-order valence-electron chi connectivity index (χ1n) is 10.1. The molecule has 1 amide bonds. The van der Waals surface area contributed by atoms with Crippen LogP contribution in [0.1, 0.15) is 21.5 Å². The maximum absolute atomic E-state index is 12.9. The van der Waals surface area contributed by atoms with E-state index in [2.05, 4.69) is 10.0 Å². The van der Waals surface area contributed by atoms with Gasteiger partial charge in [-0.05, 0) is 73.0 Å². The number of ether oxygens (including phenoxy) is 2. The van der Waals surface area contributed by atoms with Gasteiger partial charge in [0, 0.05) is 11.6 Å². The molecule has 7 nitrogen and oxygen atoms in total. The van der Waals surface area contributed by atoms with Gasteiger partial charge >= 0.3 is 0 Å². The zero-order valence-corrected chi connectivity index (χ0v) is 20.1. The first-order valence-corrected chi connectivity index (χ1v) is 12.0. The number of aryl methyl sites for hydroxylation is 1. The summed E-state index contributed by atoms with van der Waals surface area (Å²) in [5, 5.41) is 3.28. The van der Waals surface area contributed by atoms with Crippen molar-refractivity contribution >= 4 is 33.2 Å². The third-order valence-electron chi connectivity index (χ3n) is 5.05. The summed E-state index contributed by atoms with van der Waals surface area (Å²) < 4.78 is 38.9. The lowest BCUT2D eigenvalue weighted by molar-refractivity contribution is 0.0955. The molecule has 3 aromatic carbocycles. The first kappa shape index (κ1) is 24.4. The molecule has 0 heterocycles. The number of hydrogen-bond acceptors (Lipinski definition) is 5. The van der Waals surface area contributed by atoms with Crippen LogP contribution < -0.4 is 19.5 Å². The van der Waals surface area contributed by atoms with E-state index in [0.717, 1.165) is 5.56 Å². The quantitative estimate of drug-likeness (QED) is 0.464. The largest absolute Gasteiger partial charge is 0.497 e. The summed E-state index contributed by atoms with van der Waals surface area (Å²) in [6.45, 7) is 2.05. The number of para-hydroxylation sites is 1. The van der Waals surface area contributed by atoms with Crippen LogP contribution in [-0.4, -0.2) is 35.1 Å². The van der Waals surface area contributed by atoms with E-state index in [1.54, 1.807) is 51.5 Å². The van der Waals surface area contributed by atoms with Gasteiger partial charge < -0.3 is 14.8 Å². The minimum Gasteiger partial charge on any atom is -0.497 e. The zero-order valence-electron chi connectivity index (χ0n) is 18.5. The molecule has 0 saturated heterocycles. The molecular formula is C24H25ClN2O5S. The summed E-state index contributed by atoms with van der Waals surface area (Å²) >= 11 is 5.86. The second-order valence-corrected chi connectivity index (χ2v) is 9.36. The van der Waals surface area contributed by atoms with Crippen LogP contribution in [0.4, 0.5) is 5.69 Å². The lowest BCUT2D eigenvalue weighted by atomic mass is 10.1. The molecule has 0 atom stereocenters. The van der Waals surface area contributed by atoms with Crippen molar-refractivity contribution in [2.75, 3.05) is 25.5 Å². The Kier molecular flexibility index (Phi) is 7.84. The standard InChI is InChI=1S/C24H25ClN2O5S/c1-16-5-4-6-21(23(16)27-33(29,30)20-10-7-18(25)8-11-20)24(28)26-14-13-17-15-19(31-2)9-12-22(17)32-3/h4-12,15,27H,13-14H2,1-3H3,(H,26,28). The second-order valence-electron chi connectivity index (χ2n) is 7.24. The van der Waals surface area contributed by atoms with E-state index >= 15 is 0 Å². The Bertz CT molecular complexity index is 1240. The van der Waals surface area contributed by atoms with Crippen LogP contribution in [0.3, 0.4) is 0 Å². The zero-order chi connectivity index (χ0) is 24.0. The summed E-state index contributed by atoms with van der Waals surface area (Å²) in [6, 6.07) is 16.3. The molecule has 0 aliphatic rings. The molecule has 0 aliphatic heterocycles. The van der Waals surface area contributed by atoms with Gasteiger partial charge in [-0.2, -0.15) is 0 Å². The number of rotatable bonds is 9. The van der Waals surface area contributed by atoms with Gasteiger partial charge in [0.1, 0.15) is 11.5 Å². The summed E-state index contributed by atoms with van der Waals surface area (Å²) in [5.74, 6) is 0.987. The van der Waals surface area contributed by atoms with Gasteiger partial charge in [0.05, 0.1) is 30.4 Å².